The molecule has 448 valence electrons. The Bertz CT molecular complexity index is 2500. The van der Waals surface area contributed by atoms with Crippen LogP contribution in [0.15, 0.2) is 36.4 Å². The molecule has 4 aromatic rings. The molecule has 0 aliphatic carbocycles. The molecule has 0 saturated carbocycles. The van der Waals surface area contributed by atoms with E-state index in [1.165, 1.54) is 212 Å². The average Bonchev–Trinajstić information content (AvgIpc) is 1.89. The zero-order chi connectivity index (χ0) is 58.3. The molecule has 0 radical (unpaired) electrons. The molecular formula is C72H104N4O4S2. The van der Waals surface area contributed by atoms with E-state index in [4.69, 9.17) is 0 Å². The monoisotopic (exact) mass is 1150 g/mol. The van der Waals surface area contributed by atoms with E-state index in [0.29, 0.717) is 76.8 Å². The number of rotatable bonds is 46. The maximum Gasteiger partial charge on any atom is 0.262 e. The Morgan fingerprint density at radius 2 is 0.610 bits per heavy atom. The summed E-state index contributed by atoms with van der Waals surface area (Å²) in [5, 5.41) is 20.9. The minimum atomic E-state index is -0.402. The molecule has 2 atom stereocenters. The van der Waals surface area contributed by atoms with Crippen molar-refractivity contribution in [3.63, 3.8) is 0 Å². The highest BCUT2D eigenvalue weighted by molar-refractivity contribution is 7.16. The molecule has 2 aliphatic rings. The van der Waals surface area contributed by atoms with Gasteiger partial charge in [-0.05, 0) is 73.9 Å². The van der Waals surface area contributed by atoms with Crippen molar-refractivity contribution < 1.29 is 19.2 Å². The zero-order valence-corrected chi connectivity index (χ0v) is 53.2. The lowest BCUT2D eigenvalue weighted by molar-refractivity contribution is 0.0557. The smallest absolute Gasteiger partial charge is 0.262 e. The summed E-state index contributed by atoms with van der Waals surface area (Å²) in [5.74, 6) is -1.36. The van der Waals surface area contributed by atoms with Gasteiger partial charge in [0.2, 0.25) is 0 Å². The van der Waals surface area contributed by atoms with Crippen LogP contribution >= 0.6 is 22.7 Å². The molecule has 0 N–H and O–H groups in total. The molecule has 0 saturated heterocycles. The molecule has 82 heavy (non-hydrogen) atoms. The van der Waals surface area contributed by atoms with Crippen LogP contribution in [0.4, 0.5) is 0 Å². The number of imide groups is 2. The third kappa shape index (κ3) is 19.7. The Kier molecular flexibility index (Phi) is 30.5. The van der Waals surface area contributed by atoms with E-state index in [1.807, 2.05) is 24.3 Å². The number of carbonyl (C=O) groups excluding carboxylic acids is 4. The van der Waals surface area contributed by atoms with Gasteiger partial charge in [0.15, 0.2) is 0 Å². The SMILES string of the molecule is CCCCCCCCCCCCC(CCCCCCCCCC)CN1C(=O)c2cc(-c3ccc(C#N)s3)c3c4c(cc(-c5ccc(C#N)s5)c(c24)C1=O)C(=O)N(CC(CCCCCCCCCC)CCCCCCCCCCCC)C3=O. The second kappa shape index (κ2) is 37.6. The minimum Gasteiger partial charge on any atom is -0.274 e. The number of unbranched alkanes of at least 4 members (excludes halogenated alkanes) is 32. The third-order valence-corrected chi connectivity index (χ3v) is 20.0. The van der Waals surface area contributed by atoms with Gasteiger partial charge >= 0.3 is 0 Å². The number of nitriles is 2. The number of nitrogens with zero attached hydrogens (tertiary/aromatic N) is 4. The average molecular weight is 1150 g/mol. The first-order valence-corrected chi connectivity index (χ1v) is 35.2. The van der Waals surface area contributed by atoms with E-state index in [-0.39, 0.29) is 11.8 Å². The van der Waals surface area contributed by atoms with Crippen molar-refractivity contribution in [2.45, 2.75) is 285 Å². The number of benzene rings is 2. The van der Waals surface area contributed by atoms with E-state index in [9.17, 15) is 10.5 Å². The highest BCUT2D eigenvalue weighted by Gasteiger charge is 2.44. The molecule has 2 aromatic heterocycles. The van der Waals surface area contributed by atoms with E-state index in [1.54, 1.807) is 12.1 Å². The van der Waals surface area contributed by atoms with Gasteiger partial charge in [0, 0.05) is 55.9 Å². The molecule has 2 unspecified atom stereocenters. The standard InChI is InChI=1S/C72H104N4O4S2/c1-5-9-13-17-21-25-27-31-35-39-43-55(41-37-33-29-23-19-15-11-7-3)53-75-69(77)61-49-60(64-48-46-58(52-74)82-64)68-66-62(50-59(67(65(61)66)71(75)79)63-47-45-57(51-73)81-63)70(78)76(72(68)80)54-56(42-38-34-30-24-20-16-12-8-4)44-40-36-32-28-26-22-18-14-10-6-2/h45-50,55-56H,5-44,53-54H2,1-4H3. The third-order valence-electron chi connectivity index (χ3n) is 18.0. The van der Waals surface area contributed by atoms with Crippen molar-refractivity contribution in [1.29, 1.82) is 10.5 Å². The van der Waals surface area contributed by atoms with E-state index in [2.05, 4.69) is 39.8 Å². The fourth-order valence-electron chi connectivity index (χ4n) is 13.1. The highest BCUT2D eigenvalue weighted by atomic mass is 32.1. The predicted octanol–water partition coefficient (Wildman–Crippen LogP) is 22.1. The van der Waals surface area contributed by atoms with E-state index < -0.39 is 23.6 Å². The Morgan fingerprint density at radius 3 is 0.854 bits per heavy atom. The van der Waals surface area contributed by atoms with Gasteiger partial charge in [-0.3, -0.25) is 29.0 Å². The number of thiophene rings is 2. The van der Waals surface area contributed by atoms with Crippen LogP contribution in [-0.4, -0.2) is 46.5 Å². The van der Waals surface area contributed by atoms with Gasteiger partial charge in [-0.15, -0.1) is 22.7 Å². The van der Waals surface area contributed by atoms with Crippen LogP contribution in [0.3, 0.4) is 0 Å². The molecule has 2 aliphatic heterocycles. The fourth-order valence-corrected chi connectivity index (χ4v) is 14.8. The number of carbonyl (C=O) groups is 4. The van der Waals surface area contributed by atoms with Crippen molar-refractivity contribution in [2.24, 2.45) is 11.8 Å². The summed E-state index contributed by atoms with van der Waals surface area (Å²) in [7, 11) is 0. The van der Waals surface area contributed by atoms with Gasteiger partial charge in [0.05, 0.1) is 11.1 Å². The van der Waals surface area contributed by atoms with Crippen molar-refractivity contribution in [3.05, 3.63) is 68.4 Å². The second-order valence-corrected chi connectivity index (χ2v) is 26.8. The van der Waals surface area contributed by atoms with Gasteiger partial charge in [0.25, 0.3) is 23.6 Å². The van der Waals surface area contributed by atoms with Crippen LogP contribution in [0, 0.1) is 34.5 Å². The lowest BCUT2D eigenvalue weighted by Gasteiger charge is -2.36. The maximum absolute atomic E-state index is 15.6. The van der Waals surface area contributed by atoms with Gasteiger partial charge in [-0.1, -0.05) is 259 Å². The van der Waals surface area contributed by atoms with Crippen LogP contribution in [0.25, 0.3) is 31.7 Å². The van der Waals surface area contributed by atoms with Crippen LogP contribution in [0.5, 0.6) is 0 Å². The van der Waals surface area contributed by atoms with Crippen LogP contribution < -0.4 is 0 Å². The largest absolute Gasteiger partial charge is 0.274 e. The first-order chi connectivity index (χ1) is 40.2. The quantitative estimate of drug-likeness (QED) is 0.0321. The first-order valence-electron chi connectivity index (χ1n) is 33.6. The molecule has 2 aromatic carbocycles. The van der Waals surface area contributed by atoms with Crippen LogP contribution in [-0.2, 0) is 0 Å². The lowest BCUT2D eigenvalue weighted by atomic mass is 9.80. The van der Waals surface area contributed by atoms with Gasteiger partial charge < -0.3 is 0 Å². The minimum absolute atomic E-state index is 0.123. The number of amides is 4. The molecule has 0 fully saturated rings. The van der Waals surface area contributed by atoms with Crippen LogP contribution in [0.2, 0.25) is 0 Å². The molecular weight excluding hydrogens is 1050 g/mol. The summed E-state index contributed by atoms with van der Waals surface area (Å²) in [5.41, 5.74) is 2.31. The summed E-state index contributed by atoms with van der Waals surface area (Å²) in [6.45, 7) is 9.61. The number of hydrogen-bond donors (Lipinski definition) is 0. The van der Waals surface area contributed by atoms with Crippen molar-refractivity contribution >= 4 is 57.1 Å². The molecule has 4 heterocycles. The molecule has 6 rings (SSSR count). The predicted molar refractivity (Wildman–Crippen MR) is 345 cm³/mol. The van der Waals surface area contributed by atoms with Gasteiger partial charge in [-0.2, -0.15) is 10.5 Å². The Hall–Kier alpha value is -4.64. The maximum atomic E-state index is 15.6. The normalized spacial score (nSPS) is 13.9. The molecule has 10 heteroatoms. The van der Waals surface area contributed by atoms with Crippen molar-refractivity contribution in [1.82, 2.24) is 9.80 Å². The Balaban J connectivity index is 1.34. The van der Waals surface area contributed by atoms with Crippen molar-refractivity contribution in [3.8, 4) is 33.0 Å². The fraction of sp³-hybridized carbons (Fsp3) is 0.667. The summed E-state index contributed by atoms with van der Waals surface area (Å²) in [6.07, 6.45) is 47.9. The zero-order valence-electron chi connectivity index (χ0n) is 51.6. The first kappa shape index (κ1) is 66.5. The number of hydrogen-bond acceptors (Lipinski definition) is 8. The molecule has 0 spiro atoms. The Morgan fingerprint density at radius 1 is 0.354 bits per heavy atom. The summed E-state index contributed by atoms with van der Waals surface area (Å²) in [4.78, 5) is 67.6. The summed E-state index contributed by atoms with van der Waals surface area (Å²) in [6, 6.07) is 15.4. The van der Waals surface area contributed by atoms with Crippen molar-refractivity contribution in [2.75, 3.05) is 13.1 Å². The molecule has 4 amide bonds. The Labute approximate surface area is 504 Å². The molecule has 8 nitrogen and oxygen atoms in total. The molecule has 0 bridgehead atoms. The second-order valence-electron chi connectivity index (χ2n) is 24.6. The van der Waals surface area contributed by atoms with E-state index in [0.717, 1.165) is 77.0 Å². The van der Waals surface area contributed by atoms with Gasteiger partial charge in [0.1, 0.15) is 21.9 Å². The summed E-state index contributed by atoms with van der Waals surface area (Å²) >= 11 is 2.56. The summed E-state index contributed by atoms with van der Waals surface area (Å²) < 4.78 is 0. The van der Waals surface area contributed by atoms with E-state index >= 15 is 19.2 Å². The lowest BCUT2D eigenvalue weighted by Crippen LogP contribution is -2.46. The topological polar surface area (TPSA) is 122 Å². The van der Waals surface area contributed by atoms with Crippen LogP contribution in [0.1, 0.15) is 336 Å². The van der Waals surface area contributed by atoms with Gasteiger partial charge in [-0.25, -0.2) is 0 Å². The highest BCUT2D eigenvalue weighted by Crippen LogP contribution is 2.48.